The van der Waals surface area contributed by atoms with Crippen LogP contribution in [0.25, 0.3) is 11.0 Å². The van der Waals surface area contributed by atoms with E-state index in [-0.39, 0.29) is 5.76 Å². The maximum Gasteiger partial charge on any atom is 0.371 e. The largest absolute Gasteiger partial charge is 0.475 e. The highest BCUT2D eigenvalue weighted by atomic mass is 16.4. The van der Waals surface area contributed by atoms with Crippen molar-refractivity contribution < 1.29 is 14.3 Å². The lowest BCUT2D eigenvalue weighted by molar-refractivity contribution is 0.0665. The zero-order valence-electron chi connectivity index (χ0n) is 8.12. The zero-order chi connectivity index (χ0) is 10.4. The van der Waals surface area contributed by atoms with Gasteiger partial charge >= 0.3 is 5.97 Å². The second kappa shape index (κ2) is 2.86. The molecule has 3 nitrogen and oxygen atoms in total. The van der Waals surface area contributed by atoms with Gasteiger partial charge in [0, 0.05) is 5.39 Å². The van der Waals surface area contributed by atoms with Crippen molar-refractivity contribution in [2.75, 3.05) is 0 Å². The minimum Gasteiger partial charge on any atom is -0.475 e. The molecule has 0 aliphatic heterocycles. The summed E-state index contributed by atoms with van der Waals surface area (Å²) >= 11 is 0. The molecule has 0 saturated heterocycles. The van der Waals surface area contributed by atoms with E-state index in [0.29, 0.717) is 5.58 Å². The van der Waals surface area contributed by atoms with Crippen molar-refractivity contribution in [1.29, 1.82) is 0 Å². The fourth-order valence-corrected chi connectivity index (χ4v) is 2.22. The van der Waals surface area contributed by atoms with Crippen LogP contribution in [0.5, 0.6) is 0 Å². The number of hydrogen-bond acceptors (Lipinski definition) is 2. The Hall–Kier alpha value is -1.77. The molecule has 1 aromatic heterocycles. The number of fused-ring (bicyclic) bond motifs is 2. The van der Waals surface area contributed by atoms with Crippen molar-refractivity contribution in [3.63, 3.8) is 0 Å². The zero-order valence-corrected chi connectivity index (χ0v) is 8.12. The molecule has 15 heavy (non-hydrogen) atoms. The Kier molecular flexibility index (Phi) is 1.63. The second-order valence-electron chi connectivity index (χ2n) is 3.93. The quantitative estimate of drug-likeness (QED) is 0.773. The van der Waals surface area contributed by atoms with Gasteiger partial charge < -0.3 is 9.52 Å². The molecule has 0 spiro atoms. The lowest BCUT2D eigenvalue weighted by Gasteiger charge is -1.96. The molecule has 0 amide bonds. The summed E-state index contributed by atoms with van der Waals surface area (Å²) in [7, 11) is 0. The number of carboxylic acids is 1. The normalized spacial score (nSPS) is 14.4. The van der Waals surface area contributed by atoms with Crippen LogP contribution in [0.4, 0.5) is 0 Å². The Balaban J connectivity index is 2.24. The van der Waals surface area contributed by atoms with Gasteiger partial charge in [0.15, 0.2) is 0 Å². The van der Waals surface area contributed by atoms with Gasteiger partial charge in [-0.05, 0) is 48.6 Å². The highest BCUT2D eigenvalue weighted by Gasteiger charge is 2.15. The van der Waals surface area contributed by atoms with E-state index in [1.807, 2.05) is 12.1 Å². The van der Waals surface area contributed by atoms with Gasteiger partial charge in [0.05, 0.1) is 0 Å². The van der Waals surface area contributed by atoms with E-state index in [1.165, 1.54) is 17.5 Å². The number of hydrogen-bond donors (Lipinski definition) is 1. The summed E-state index contributed by atoms with van der Waals surface area (Å²) < 4.78 is 5.26. The summed E-state index contributed by atoms with van der Waals surface area (Å²) in [6, 6.07) is 5.62. The Bertz CT molecular complexity index is 510. The molecular formula is C12H10O3. The Morgan fingerprint density at radius 2 is 1.93 bits per heavy atom. The van der Waals surface area contributed by atoms with E-state index in [1.54, 1.807) is 6.07 Å². The molecule has 1 heterocycles. The third-order valence-electron chi connectivity index (χ3n) is 2.94. The van der Waals surface area contributed by atoms with E-state index in [4.69, 9.17) is 9.52 Å². The van der Waals surface area contributed by atoms with Gasteiger partial charge in [-0.2, -0.15) is 0 Å². The minimum absolute atomic E-state index is 0.0219. The van der Waals surface area contributed by atoms with Gasteiger partial charge in [-0.15, -0.1) is 0 Å². The summed E-state index contributed by atoms with van der Waals surface area (Å²) in [6.45, 7) is 0. The predicted molar refractivity (Wildman–Crippen MR) is 55.2 cm³/mol. The summed E-state index contributed by atoms with van der Waals surface area (Å²) in [5.74, 6) is -0.986. The van der Waals surface area contributed by atoms with E-state index in [2.05, 4.69) is 0 Å². The fourth-order valence-electron chi connectivity index (χ4n) is 2.22. The van der Waals surface area contributed by atoms with Crippen molar-refractivity contribution >= 4 is 16.9 Å². The number of benzene rings is 1. The monoisotopic (exact) mass is 202 g/mol. The smallest absolute Gasteiger partial charge is 0.371 e. The Morgan fingerprint density at radius 1 is 1.20 bits per heavy atom. The molecule has 0 atom stereocenters. The van der Waals surface area contributed by atoms with Crippen molar-refractivity contribution in [2.45, 2.75) is 19.3 Å². The molecule has 1 aromatic carbocycles. The van der Waals surface area contributed by atoms with Gasteiger partial charge in [0.2, 0.25) is 5.76 Å². The number of carboxylic acid groups (broad SMARTS) is 1. The molecule has 76 valence electrons. The molecule has 0 radical (unpaired) electrons. The third kappa shape index (κ3) is 1.23. The van der Waals surface area contributed by atoms with Crippen molar-refractivity contribution in [3.05, 3.63) is 35.1 Å². The van der Waals surface area contributed by atoms with Crippen LogP contribution in [0.1, 0.15) is 28.1 Å². The molecule has 0 unspecified atom stereocenters. The van der Waals surface area contributed by atoms with Crippen LogP contribution in [-0.4, -0.2) is 11.1 Å². The number of aromatic carboxylic acids is 1. The van der Waals surface area contributed by atoms with Crippen LogP contribution < -0.4 is 0 Å². The molecule has 1 N–H and O–H groups in total. The van der Waals surface area contributed by atoms with Crippen LogP contribution in [-0.2, 0) is 12.8 Å². The Morgan fingerprint density at radius 3 is 2.67 bits per heavy atom. The van der Waals surface area contributed by atoms with Gasteiger partial charge in [-0.25, -0.2) is 4.79 Å². The van der Waals surface area contributed by atoms with E-state index >= 15 is 0 Å². The topological polar surface area (TPSA) is 50.4 Å². The first-order valence-corrected chi connectivity index (χ1v) is 5.03. The van der Waals surface area contributed by atoms with E-state index in [0.717, 1.165) is 18.2 Å². The van der Waals surface area contributed by atoms with Crippen LogP contribution in [0.3, 0.4) is 0 Å². The molecule has 0 saturated carbocycles. The second-order valence-corrected chi connectivity index (χ2v) is 3.93. The van der Waals surface area contributed by atoms with E-state index in [9.17, 15) is 4.79 Å². The minimum atomic E-state index is -1.01. The van der Waals surface area contributed by atoms with Crippen LogP contribution in [0.15, 0.2) is 22.6 Å². The summed E-state index contributed by atoms with van der Waals surface area (Å²) in [5, 5.41) is 9.70. The number of rotatable bonds is 1. The fraction of sp³-hybridized carbons (Fsp3) is 0.250. The van der Waals surface area contributed by atoms with Crippen LogP contribution in [0.2, 0.25) is 0 Å². The lowest BCUT2D eigenvalue weighted by atomic mass is 10.1. The molecule has 0 fully saturated rings. The molecule has 1 aliphatic rings. The number of aryl methyl sites for hydroxylation is 2. The molecule has 0 bridgehead atoms. The molecule has 3 rings (SSSR count). The van der Waals surface area contributed by atoms with Crippen LogP contribution in [0, 0.1) is 0 Å². The summed E-state index contributed by atoms with van der Waals surface area (Å²) in [6.07, 6.45) is 3.36. The predicted octanol–water partition coefficient (Wildman–Crippen LogP) is 2.62. The Labute approximate surface area is 86.3 Å². The highest BCUT2D eigenvalue weighted by Crippen LogP contribution is 2.29. The van der Waals surface area contributed by atoms with Crippen molar-refractivity contribution in [3.8, 4) is 0 Å². The van der Waals surface area contributed by atoms with Gasteiger partial charge in [-0.3, -0.25) is 0 Å². The molecular weight excluding hydrogens is 192 g/mol. The molecule has 2 aromatic rings. The first-order chi connectivity index (χ1) is 7.24. The van der Waals surface area contributed by atoms with E-state index < -0.39 is 5.97 Å². The standard InChI is InChI=1S/C12H10O3/c13-12(14)11-6-9-4-7-2-1-3-8(7)5-10(9)15-11/h4-6H,1-3H2,(H,13,14). The summed E-state index contributed by atoms with van der Waals surface area (Å²) in [4.78, 5) is 10.7. The van der Waals surface area contributed by atoms with Gasteiger partial charge in [0.25, 0.3) is 0 Å². The molecule has 3 heteroatoms. The highest BCUT2D eigenvalue weighted by molar-refractivity contribution is 5.91. The average Bonchev–Trinajstić information content (AvgIpc) is 2.77. The summed E-state index contributed by atoms with van der Waals surface area (Å²) in [5.41, 5.74) is 3.32. The first-order valence-electron chi connectivity index (χ1n) is 5.03. The average molecular weight is 202 g/mol. The van der Waals surface area contributed by atoms with Gasteiger partial charge in [0.1, 0.15) is 5.58 Å². The molecule has 1 aliphatic carbocycles. The SMILES string of the molecule is O=C(O)c1cc2cc3c(cc2o1)CCC3. The maximum atomic E-state index is 10.7. The lowest BCUT2D eigenvalue weighted by Crippen LogP contribution is -1.91. The number of carbonyl (C=O) groups is 1. The maximum absolute atomic E-state index is 10.7. The van der Waals surface area contributed by atoms with Crippen molar-refractivity contribution in [2.24, 2.45) is 0 Å². The third-order valence-corrected chi connectivity index (χ3v) is 2.94. The van der Waals surface area contributed by atoms with Crippen LogP contribution >= 0.6 is 0 Å². The number of furan rings is 1. The van der Waals surface area contributed by atoms with Crippen molar-refractivity contribution in [1.82, 2.24) is 0 Å². The first kappa shape index (κ1) is 8.53. The van der Waals surface area contributed by atoms with Gasteiger partial charge in [-0.1, -0.05) is 0 Å².